The van der Waals surface area contributed by atoms with E-state index in [2.05, 4.69) is 9.71 Å². The zero-order valence-electron chi connectivity index (χ0n) is 15.6. The number of nitrogens with zero attached hydrogens (tertiary/aromatic N) is 3. The van der Waals surface area contributed by atoms with E-state index in [-0.39, 0.29) is 39.5 Å². The molecule has 160 valence electrons. The quantitative estimate of drug-likeness (QED) is 0.709. The summed E-state index contributed by atoms with van der Waals surface area (Å²) in [5.41, 5.74) is 0.489. The molecule has 0 bridgehead atoms. The van der Waals surface area contributed by atoms with Gasteiger partial charge in [-0.25, -0.2) is 8.42 Å². The Morgan fingerprint density at radius 2 is 1.70 bits per heavy atom. The number of benzene rings is 2. The number of halogens is 2. The highest BCUT2D eigenvalue weighted by Crippen LogP contribution is 2.28. The van der Waals surface area contributed by atoms with Crippen LogP contribution in [0.25, 0.3) is 0 Å². The standard InChI is InChI=1S/C18H18Cl2N4O4S2/c19-14-6-5-13(11-15(14)20)30(27,28)24-9-7-23(8-10-24)12-18-21-16-3-1-2-4-17(16)29(25,26)22-18/h1-6,11H,7-10,12H2,(H,21,22). The maximum Gasteiger partial charge on any atom is 0.286 e. The fourth-order valence-electron chi connectivity index (χ4n) is 3.36. The first kappa shape index (κ1) is 21.5. The third kappa shape index (κ3) is 4.20. The van der Waals surface area contributed by atoms with Crippen molar-refractivity contribution in [3.05, 3.63) is 52.5 Å². The highest BCUT2D eigenvalue weighted by atomic mass is 35.5. The van der Waals surface area contributed by atoms with Gasteiger partial charge in [0.2, 0.25) is 10.0 Å². The maximum atomic E-state index is 12.9. The number of anilines is 1. The first-order chi connectivity index (χ1) is 14.2. The number of piperazine rings is 1. The molecule has 0 atom stereocenters. The summed E-state index contributed by atoms with van der Waals surface area (Å²) < 4.78 is 55.7. The van der Waals surface area contributed by atoms with Crippen LogP contribution in [0.3, 0.4) is 0 Å². The van der Waals surface area contributed by atoms with Crippen molar-refractivity contribution < 1.29 is 16.8 Å². The van der Waals surface area contributed by atoms with E-state index in [9.17, 15) is 16.8 Å². The number of sulfonamides is 2. The molecule has 2 heterocycles. The molecule has 0 unspecified atom stereocenters. The predicted molar refractivity (Wildman–Crippen MR) is 116 cm³/mol. The first-order valence-corrected chi connectivity index (χ1v) is 12.7. The van der Waals surface area contributed by atoms with E-state index < -0.39 is 20.0 Å². The average Bonchev–Trinajstić information content (AvgIpc) is 2.70. The van der Waals surface area contributed by atoms with E-state index in [4.69, 9.17) is 23.2 Å². The molecule has 1 N–H and O–H groups in total. The van der Waals surface area contributed by atoms with Crippen LogP contribution in [-0.4, -0.2) is 64.6 Å². The Kier molecular flexibility index (Phi) is 5.82. The van der Waals surface area contributed by atoms with Crippen LogP contribution >= 0.6 is 23.2 Å². The smallest absolute Gasteiger partial charge is 0.286 e. The summed E-state index contributed by atoms with van der Waals surface area (Å²) in [6, 6.07) is 10.8. The summed E-state index contributed by atoms with van der Waals surface area (Å²) in [6.45, 7) is 1.67. The summed E-state index contributed by atoms with van der Waals surface area (Å²) in [7, 11) is -7.44. The van der Waals surface area contributed by atoms with Crippen molar-refractivity contribution >= 4 is 54.8 Å². The SMILES string of the molecule is O=S1(=O)N=C(CN2CCN(S(=O)(=O)c3ccc(Cl)c(Cl)c3)CC2)Nc2ccccc21. The zero-order chi connectivity index (χ0) is 21.5. The molecule has 0 spiro atoms. The lowest BCUT2D eigenvalue weighted by molar-refractivity contribution is 0.209. The largest absolute Gasteiger partial charge is 0.341 e. The molecule has 2 aromatic carbocycles. The molecule has 2 aromatic rings. The van der Waals surface area contributed by atoms with E-state index in [1.54, 1.807) is 18.2 Å². The highest BCUT2D eigenvalue weighted by molar-refractivity contribution is 7.90. The van der Waals surface area contributed by atoms with Gasteiger partial charge < -0.3 is 5.32 Å². The van der Waals surface area contributed by atoms with Gasteiger partial charge in [-0.1, -0.05) is 35.3 Å². The minimum atomic E-state index is -3.75. The average molecular weight is 489 g/mol. The van der Waals surface area contributed by atoms with Crippen LogP contribution in [0.15, 0.2) is 56.7 Å². The Hall–Kier alpha value is -1.69. The van der Waals surface area contributed by atoms with Gasteiger partial charge >= 0.3 is 0 Å². The molecule has 2 aliphatic rings. The monoisotopic (exact) mass is 488 g/mol. The van der Waals surface area contributed by atoms with Gasteiger partial charge in [-0.15, -0.1) is 4.40 Å². The van der Waals surface area contributed by atoms with Gasteiger partial charge in [0.25, 0.3) is 10.0 Å². The number of hydrogen-bond donors (Lipinski definition) is 1. The molecule has 8 nitrogen and oxygen atoms in total. The molecule has 0 aliphatic carbocycles. The molecule has 12 heteroatoms. The van der Waals surface area contributed by atoms with Crippen molar-refractivity contribution in [2.75, 3.05) is 38.0 Å². The second-order valence-corrected chi connectivity index (χ2v) is 11.2. The van der Waals surface area contributed by atoms with Crippen molar-refractivity contribution in [3.8, 4) is 0 Å². The van der Waals surface area contributed by atoms with Crippen molar-refractivity contribution in [1.82, 2.24) is 9.21 Å². The van der Waals surface area contributed by atoms with Crippen LogP contribution in [0.1, 0.15) is 0 Å². The second-order valence-electron chi connectivity index (χ2n) is 6.89. The Morgan fingerprint density at radius 1 is 1.00 bits per heavy atom. The first-order valence-electron chi connectivity index (χ1n) is 9.04. The fraction of sp³-hybridized carbons (Fsp3) is 0.278. The summed E-state index contributed by atoms with van der Waals surface area (Å²) in [5.74, 6) is 0.314. The predicted octanol–water partition coefficient (Wildman–Crippen LogP) is 2.51. The van der Waals surface area contributed by atoms with E-state index in [0.29, 0.717) is 24.6 Å². The van der Waals surface area contributed by atoms with Gasteiger partial charge in [0.05, 0.1) is 27.2 Å². The number of nitrogens with one attached hydrogen (secondary N) is 1. The molecular weight excluding hydrogens is 471 g/mol. The molecule has 0 saturated carbocycles. The second kappa shape index (κ2) is 8.10. The van der Waals surface area contributed by atoms with Crippen molar-refractivity contribution in [3.63, 3.8) is 0 Å². The maximum absolute atomic E-state index is 12.9. The lowest BCUT2D eigenvalue weighted by atomic mass is 10.3. The Balaban J connectivity index is 1.43. The summed E-state index contributed by atoms with van der Waals surface area (Å²) in [6.07, 6.45) is 0. The number of rotatable bonds is 4. The Morgan fingerprint density at radius 3 is 2.40 bits per heavy atom. The number of amidine groups is 1. The van der Waals surface area contributed by atoms with Crippen molar-refractivity contribution in [1.29, 1.82) is 0 Å². The van der Waals surface area contributed by atoms with Gasteiger partial charge in [0.15, 0.2) is 0 Å². The number of para-hydroxylation sites is 1. The van der Waals surface area contributed by atoms with Crippen LogP contribution in [0.4, 0.5) is 5.69 Å². The Labute approximate surface area is 185 Å². The normalized spacial score (nSPS) is 19.6. The molecular formula is C18H18Cl2N4O4S2. The van der Waals surface area contributed by atoms with E-state index >= 15 is 0 Å². The Bertz CT molecular complexity index is 1220. The van der Waals surface area contributed by atoms with Gasteiger partial charge in [0.1, 0.15) is 10.7 Å². The molecule has 30 heavy (non-hydrogen) atoms. The van der Waals surface area contributed by atoms with E-state index in [1.165, 1.54) is 28.6 Å². The van der Waals surface area contributed by atoms with Crippen LogP contribution in [0.2, 0.25) is 10.0 Å². The van der Waals surface area contributed by atoms with E-state index in [0.717, 1.165) is 0 Å². The van der Waals surface area contributed by atoms with Crippen LogP contribution < -0.4 is 5.32 Å². The van der Waals surface area contributed by atoms with Crippen molar-refractivity contribution in [2.24, 2.45) is 4.40 Å². The van der Waals surface area contributed by atoms with Crippen molar-refractivity contribution in [2.45, 2.75) is 9.79 Å². The molecule has 2 aliphatic heterocycles. The minimum absolute atomic E-state index is 0.0892. The molecule has 4 rings (SSSR count). The van der Waals surface area contributed by atoms with Gasteiger partial charge in [-0.05, 0) is 30.3 Å². The summed E-state index contributed by atoms with van der Waals surface area (Å²) in [5, 5.41) is 3.52. The summed E-state index contributed by atoms with van der Waals surface area (Å²) in [4.78, 5) is 2.19. The molecule has 0 amide bonds. The third-order valence-electron chi connectivity index (χ3n) is 4.91. The molecule has 0 radical (unpaired) electrons. The molecule has 1 fully saturated rings. The van der Waals surface area contributed by atoms with Gasteiger partial charge in [-0.3, -0.25) is 4.90 Å². The van der Waals surface area contributed by atoms with Gasteiger partial charge in [0, 0.05) is 26.2 Å². The van der Waals surface area contributed by atoms with Crippen LogP contribution in [0.5, 0.6) is 0 Å². The van der Waals surface area contributed by atoms with Gasteiger partial charge in [-0.2, -0.15) is 12.7 Å². The topological polar surface area (TPSA) is 99.2 Å². The molecule has 0 aromatic heterocycles. The lowest BCUT2D eigenvalue weighted by Crippen LogP contribution is -2.50. The number of hydrogen-bond acceptors (Lipinski definition) is 6. The minimum Gasteiger partial charge on any atom is -0.341 e. The summed E-state index contributed by atoms with van der Waals surface area (Å²) >= 11 is 11.8. The molecule has 1 saturated heterocycles. The van der Waals surface area contributed by atoms with E-state index in [1.807, 2.05) is 4.90 Å². The third-order valence-corrected chi connectivity index (χ3v) is 8.91. The number of fused-ring (bicyclic) bond motifs is 1. The van der Waals surface area contributed by atoms with Crippen LogP contribution in [-0.2, 0) is 20.0 Å². The zero-order valence-corrected chi connectivity index (χ0v) is 18.8. The van der Waals surface area contributed by atoms with Crippen LogP contribution in [0, 0.1) is 0 Å². The lowest BCUT2D eigenvalue weighted by Gasteiger charge is -2.34. The fourth-order valence-corrected chi connectivity index (χ4v) is 6.31. The highest BCUT2D eigenvalue weighted by Gasteiger charge is 2.31.